The van der Waals surface area contributed by atoms with Gasteiger partial charge in [-0.1, -0.05) is 0 Å². The van der Waals surface area contributed by atoms with Crippen LogP contribution in [0.1, 0.15) is 38.5 Å². The zero-order valence-corrected chi connectivity index (χ0v) is 11.2. The van der Waals surface area contributed by atoms with E-state index >= 15 is 0 Å². The Morgan fingerprint density at radius 3 is 2.42 bits per heavy atom. The summed E-state index contributed by atoms with van der Waals surface area (Å²) in [5, 5.41) is 12.1. The second-order valence-corrected chi connectivity index (χ2v) is 6.27. The molecule has 106 valence electrons. The second-order valence-electron chi connectivity index (χ2n) is 6.27. The Labute approximate surface area is 113 Å². The minimum absolute atomic E-state index is 0.0754. The quantitative estimate of drug-likeness (QED) is 0.791. The number of hydrogen-bond acceptors (Lipinski definition) is 3. The number of aliphatic carboxylic acids is 1. The molecule has 19 heavy (non-hydrogen) atoms. The van der Waals surface area contributed by atoms with E-state index < -0.39 is 5.97 Å². The van der Waals surface area contributed by atoms with Crippen molar-refractivity contribution in [3.05, 3.63) is 0 Å². The predicted molar refractivity (Wildman–Crippen MR) is 69.6 cm³/mol. The second kappa shape index (κ2) is 5.12. The molecule has 2 aliphatic carbocycles. The van der Waals surface area contributed by atoms with Crippen LogP contribution < -0.4 is 5.32 Å². The SMILES string of the molecule is O=C(O)C1CCC(C(=O)NC2CCN(C3CC3)C2)C1. The van der Waals surface area contributed by atoms with Crippen LogP contribution in [0.3, 0.4) is 0 Å². The fourth-order valence-electron chi connectivity index (χ4n) is 3.44. The molecule has 0 aromatic rings. The molecule has 2 N–H and O–H groups in total. The lowest BCUT2D eigenvalue weighted by Gasteiger charge is -2.18. The van der Waals surface area contributed by atoms with Gasteiger partial charge in [-0.25, -0.2) is 0 Å². The summed E-state index contributed by atoms with van der Waals surface area (Å²) in [6.07, 6.45) is 5.54. The van der Waals surface area contributed by atoms with Crippen LogP contribution in [0.15, 0.2) is 0 Å². The van der Waals surface area contributed by atoms with Crippen molar-refractivity contribution in [1.82, 2.24) is 10.2 Å². The van der Waals surface area contributed by atoms with E-state index in [1.165, 1.54) is 12.8 Å². The third-order valence-electron chi connectivity index (χ3n) is 4.78. The molecule has 1 amide bonds. The van der Waals surface area contributed by atoms with E-state index in [4.69, 9.17) is 5.11 Å². The molecule has 3 unspecified atom stereocenters. The highest BCUT2D eigenvalue weighted by Gasteiger charge is 2.37. The van der Waals surface area contributed by atoms with E-state index in [0.29, 0.717) is 12.8 Å². The maximum atomic E-state index is 12.1. The lowest BCUT2D eigenvalue weighted by molar-refractivity contribution is -0.141. The fraction of sp³-hybridized carbons (Fsp3) is 0.857. The molecule has 0 aromatic carbocycles. The molecule has 3 rings (SSSR count). The number of carboxylic acids is 1. The molecule has 1 aliphatic heterocycles. The van der Waals surface area contributed by atoms with E-state index in [9.17, 15) is 9.59 Å². The van der Waals surface area contributed by atoms with E-state index in [2.05, 4.69) is 10.2 Å². The minimum Gasteiger partial charge on any atom is -0.481 e. The van der Waals surface area contributed by atoms with Crippen LogP contribution in [-0.2, 0) is 9.59 Å². The van der Waals surface area contributed by atoms with Gasteiger partial charge in [0.05, 0.1) is 5.92 Å². The topological polar surface area (TPSA) is 69.6 Å². The molecule has 3 atom stereocenters. The van der Waals surface area contributed by atoms with Gasteiger partial charge in [-0.15, -0.1) is 0 Å². The lowest BCUT2D eigenvalue weighted by atomic mass is 10.0. The summed E-state index contributed by atoms with van der Waals surface area (Å²) in [6, 6.07) is 1.04. The molecule has 1 heterocycles. The first kappa shape index (κ1) is 12.9. The third kappa shape index (κ3) is 2.91. The summed E-state index contributed by atoms with van der Waals surface area (Å²) in [7, 11) is 0. The molecule has 1 saturated heterocycles. The molecule has 5 nitrogen and oxygen atoms in total. The molecule has 0 aromatic heterocycles. The Morgan fingerprint density at radius 2 is 1.79 bits per heavy atom. The van der Waals surface area contributed by atoms with Crippen molar-refractivity contribution in [1.29, 1.82) is 0 Å². The standard InChI is InChI=1S/C14H22N2O3/c17-13(9-1-2-10(7-9)14(18)19)15-11-5-6-16(8-11)12-3-4-12/h9-12H,1-8H2,(H,15,17)(H,18,19). The van der Waals surface area contributed by atoms with Crippen molar-refractivity contribution in [3.8, 4) is 0 Å². The molecule has 2 saturated carbocycles. The van der Waals surface area contributed by atoms with Gasteiger partial charge in [-0.2, -0.15) is 0 Å². The Hall–Kier alpha value is -1.10. The van der Waals surface area contributed by atoms with Gasteiger partial charge in [-0.3, -0.25) is 14.5 Å². The molecular weight excluding hydrogens is 244 g/mol. The summed E-state index contributed by atoms with van der Waals surface area (Å²) in [5.74, 6) is -1.08. The van der Waals surface area contributed by atoms with Gasteiger partial charge in [-0.05, 0) is 38.5 Å². The van der Waals surface area contributed by atoms with Crippen LogP contribution in [0, 0.1) is 11.8 Å². The average Bonchev–Trinajstić information content (AvgIpc) is 2.92. The normalized spacial score (nSPS) is 35.5. The molecule has 3 fully saturated rings. The third-order valence-corrected chi connectivity index (χ3v) is 4.78. The summed E-state index contributed by atoms with van der Waals surface area (Å²) >= 11 is 0. The largest absolute Gasteiger partial charge is 0.481 e. The number of rotatable bonds is 4. The summed E-state index contributed by atoms with van der Waals surface area (Å²) in [5.41, 5.74) is 0. The van der Waals surface area contributed by atoms with Gasteiger partial charge in [0, 0.05) is 31.1 Å². The Kier molecular flexibility index (Phi) is 3.48. The van der Waals surface area contributed by atoms with Crippen molar-refractivity contribution in [3.63, 3.8) is 0 Å². The first-order chi connectivity index (χ1) is 9.13. The van der Waals surface area contributed by atoms with Crippen molar-refractivity contribution < 1.29 is 14.7 Å². The number of nitrogens with one attached hydrogen (secondary N) is 1. The van der Waals surface area contributed by atoms with Gasteiger partial charge in [0.1, 0.15) is 0 Å². The Bertz CT molecular complexity index is 381. The van der Waals surface area contributed by atoms with E-state index in [1.807, 2.05) is 0 Å². The maximum absolute atomic E-state index is 12.1. The van der Waals surface area contributed by atoms with Crippen molar-refractivity contribution in [2.45, 2.75) is 50.6 Å². The molecule has 0 radical (unpaired) electrons. The van der Waals surface area contributed by atoms with Crippen molar-refractivity contribution >= 4 is 11.9 Å². The monoisotopic (exact) mass is 266 g/mol. The smallest absolute Gasteiger partial charge is 0.306 e. The summed E-state index contributed by atoms with van der Waals surface area (Å²) in [6.45, 7) is 2.07. The molecule has 3 aliphatic rings. The number of nitrogens with zero attached hydrogens (tertiary/aromatic N) is 1. The highest BCUT2D eigenvalue weighted by Crippen LogP contribution is 2.32. The fourth-order valence-corrected chi connectivity index (χ4v) is 3.44. The average molecular weight is 266 g/mol. The van der Waals surface area contributed by atoms with Crippen LogP contribution in [0.2, 0.25) is 0 Å². The molecule has 5 heteroatoms. The number of hydrogen-bond donors (Lipinski definition) is 2. The predicted octanol–water partition coefficient (Wildman–Crippen LogP) is 0.840. The number of likely N-dealkylation sites (tertiary alicyclic amines) is 1. The van der Waals surface area contributed by atoms with Gasteiger partial charge in [0.15, 0.2) is 0 Å². The van der Waals surface area contributed by atoms with E-state index in [-0.39, 0.29) is 23.8 Å². The lowest BCUT2D eigenvalue weighted by Crippen LogP contribution is -2.40. The first-order valence-electron chi connectivity index (χ1n) is 7.40. The van der Waals surface area contributed by atoms with Gasteiger partial charge in [0.25, 0.3) is 0 Å². The first-order valence-corrected chi connectivity index (χ1v) is 7.40. The van der Waals surface area contributed by atoms with Gasteiger partial charge < -0.3 is 10.4 Å². The van der Waals surface area contributed by atoms with Crippen LogP contribution in [0.25, 0.3) is 0 Å². The molecular formula is C14H22N2O3. The Balaban J connectivity index is 1.45. The number of amides is 1. The zero-order valence-electron chi connectivity index (χ0n) is 11.2. The molecule has 0 spiro atoms. The van der Waals surface area contributed by atoms with Crippen LogP contribution >= 0.6 is 0 Å². The van der Waals surface area contributed by atoms with Gasteiger partial charge >= 0.3 is 5.97 Å². The number of carboxylic acid groups (broad SMARTS) is 1. The van der Waals surface area contributed by atoms with E-state index in [1.54, 1.807) is 0 Å². The minimum atomic E-state index is -0.754. The zero-order chi connectivity index (χ0) is 13.4. The van der Waals surface area contributed by atoms with Crippen molar-refractivity contribution in [2.75, 3.05) is 13.1 Å². The summed E-state index contributed by atoms with van der Waals surface area (Å²) < 4.78 is 0. The Morgan fingerprint density at radius 1 is 1.05 bits per heavy atom. The van der Waals surface area contributed by atoms with Crippen molar-refractivity contribution in [2.24, 2.45) is 11.8 Å². The highest BCUT2D eigenvalue weighted by molar-refractivity contribution is 5.81. The van der Waals surface area contributed by atoms with Crippen LogP contribution in [0.4, 0.5) is 0 Å². The summed E-state index contributed by atoms with van der Waals surface area (Å²) in [4.78, 5) is 25.5. The maximum Gasteiger partial charge on any atom is 0.306 e. The highest BCUT2D eigenvalue weighted by atomic mass is 16.4. The van der Waals surface area contributed by atoms with E-state index in [0.717, 1.165) is 32.0 Å². The van der Waals surface area contributed by atoms with Crippen LogP contribution in [-0.4, -0.2) is 47.1 Å². The van der Waals surface area contributed by atoms with Crippen LogP contribution in [0.5, 0.6) is 0 Å². The number of carbonyl (C=O) groups excluding carboxylic acids is 1. The number of carbonyl (C=O) groups is 2. The van der Waals surface area contributed by atoms with Gasteiger partial charge in [0.2, 0.25) is 5.91 Å². The molecule has 0 bridgehead atoms.